The fourth-order valence-corrected chi connectivity index (χ4v) is 2.34. The number of hydrogen-bond donors (Lipinski definition) is 0. The minimum atomic E-state index is -0.0162. The van der Waals surface area contributed by atoms with E-state index in [9.17, 15) is 0 Å². The SMILES string of the molecule is CC(C)C(N(C)C)C1(C#N)CC1. The molecule has 0 heterocycles. The Hall–Kier alpha value is -0.550. The van der Waals surface area contributed by atoms with Crippen molar-refractivity contribution in [2.45, 2.75) is 32.7 Å². The molecule has 1 rings (SSSR count). The molecule has 1 fully saturated rings. The molecule has 2 nitrogen and oxygen atoms in total. The zero-order valence-electron chi connectivity index (χ0n) is 8.46. The van der Waals surface area contributed by atoms with Gasteiger partial charge in [-0.25, -0.2) is 0 Å². The third-order valence-electron chi connectivity index (χ3n) is 2.77. The molecule has 0 bridgehead atoms. The van der Waals surface area contributed by atoms with E-state index in [0.717, 1.165) is 12.8 Å². The standard InChI is InChI=1S/C10H18N2/c1-8(2)9(12(3)4)10(7-11)5-6-10/h8-9H,5-6H2,1-4H3. The lowest BCUT2D eigenvalue weighted by atomic mass is 9.88. The maximum absolute atomic E-state index is 9.05. The van der Waals surface area contributed by atoms with Gasteiger partial charge in [-0.1, -0.05) is 13.8 Å². The highest BCUT2D eigenvalue weighted by Gasteiger charge is 2.51. The van der Waals surface area contributed by atoms with Gasteiger partial charge in [0.2, 0.25) is 0 Å². The van der Waals surface area contributed by atoms with Crippen molar-refractivity contribution >= 4 is 0 Å². The first-order valence-electron chi connectivity index (χ1n) is 4.61. The summed E-state index contributed by atoms with van der Waals surface area (Å²) in [5.41, 5.74) is -0.0162. The molecule has 1 aliphatic carbocycles. The first kappa shape index (κ1) is 9.54. The zero-order valence-corrected chi connectivity index (χ0v) is 8.46. The highest BCUT2D eigenvalue weighted by atomic mass is 15.1. The molecule has 0 amide bonds. The number of nitrogens with zero attached hydrogens (tertiary/aromatic N) is 2. The molecule has 0 saturated heterocycles. The van der Waals surface area contributed by atoms with E-state index < -0.39 is 0 Å². The average molecular weight is 166 g/mol. The van der Waals surface area contributed by atoms with Crippen molar-refractivity contribution in [1.82, 2.24) is 4.90 Å². The highest BCUT2D eigenvalue weighted by Crippen LogP contribution is 2.51. The minimum Gasteiger partial charge on any atom is -0.305 e. The van der Waals surface area contributed by atoms with Gasteiger partial charge in [0.05, 0.1) is 11.5 Å². The van der Waals surface area contributed by atoms with Crippen molar-refractivity contribution in [3.8, 4) is 6.07 Å². The van der Waals surface area contributed by atoms with Crippen molar-refractivity contribution in [3.05, 3.63) is 0 Å². The van der Waals surface area contributed by atoms with E-state index in [1.165, 1.54) is 0 Å². The largest absolute Gasteiger partial charge is 0.305 e. The maximum Gasteiger partial charge on any atom is 0.0732 e. The molecule has 1 saturated carbocycles. The smallest absolute Gasteiger partial charge is 0.0732 e. The van der Waals surface area contributed by atoms with Crippen LogP contribution in [0.3, 0.4) is 0 Å². The lowest BCUT2D eigenvalue weighted by molar-refractivity contribution is 0.173. The first-order chi connectivity index (χ1) is 5.53. The topological polar surface area (TPSA) is 27.0 Å². The molecular weight excluding hydrogens is 148 g/mol. The maximum atomic E-state index is 9.05. The van der Waals surface area contributed by atoms with E-state index in [-0.39, 0.29) is 5.41 Å². The van der Waals surface area contributed by atoms with Crippen LogP contribution in [0.2, 0.25) is 0 Å². The molecule has 0 aromatic carbocycles. The Kier molecular flexibility index (Phi) is 2.44. The van der Waals surface area contributed by atoms with E-state index in [2.05, 4.69) is 38.9 Å². The van der Waals surface area contributed by atoms with Gasteiger partial charge in [0.15, 0.2) is 0 Å². The van der Waals surface area contributed by atoms with Gasteiger partial charge in [-0.2, -0.15) is 5.26 Å². The summed E-state index contributed by atoms with van der Waals surface area (Å²) in [7, 11) is 4.14. The van der Waals surface area contributed by atoms with Crippen LogP contribution in [-0.2, 0) is 0 Å². The molecule has 68 valence electrons. The minimum absolute atomic E-state index is 0.0162. The van der Waals surface area contributed by atoms with E-state index in [0.29, 0.717) is 12.0 Å². The van der Waals surface area contributed by atoms with Gasteiger partial charge in [0.1, 0.15) is 0 Å². The Bertz CT molecular complexity index is 188. The predicted octanol–water partition coefficient (Wildman–Crippen LogP) is 1.88. The fraction of sp³-hybridized carbons (Fsp3) is 0.900. The van der Waals surface area contributed by atoms with Crippen LogP contribution in [0.25, 0.3) is 0 Å². The molecule has 0 aromatic heterocycles. The molecule has 1 aliphatic rings. The third kappa shape index (κ3) is 1.47. The summed E-state index contributed by atoms with van der Waals surface area (Å²) in [4.78, 5) is 2.20. The molecule has 2 heteroatoms. The molecular formula is C10H18N2. The number of hydrogen-bond acceptors (Lipinski definition) is 2. The summed E-state index contributed by atoms with van der Waals surface area (Å²) < 4.78 is 0. The van der Waals surface area contributed by atoms with Crippen LogP contribution in [-0.4, -0.2) is 25.0 Å². The van der Waals surface area contributed by atoms with Gasteiger partial charge in [-0.05, 0) is 32.9 Å². The van der Waals surface area contributed by atoms with Gasteiger partial charge in [-0.3, -0.25) is 0 Å². The van der Waals surface area contributed by atoms with Crippen LogP contribution >= 0.6 is 0 Å². The molecule has 0 aromatic rings. The summed E-state index contributed by atoms with van der Waals surface area (Å²) in [6.07, 6.45) is 2.18. The van der Waals surface area contributed by atoms with E-state index >= 15 is 0 Å². The van der Waals surface area contributed by atoms with Crippen LogP contribution in [0.5, 0.6) is 0 Å². The Morgan fingerprint density at radius 2 is 1.83 bits per heavy atom. The van der Waals surface area contributed by atoms with Crippen LogP contribution in [0.1, 0.15) is 26.7 Å². The molecule has 12 heavy (non-hydrogen) atoms. The van der Waals surface area contributed by atoms with Gasteiger partial charge in [-0.15, -0.1) is 0 Å². The van der Waals surface area contributed by atoms with Crippen molar-refractivity contribution in [1.29, 1.82) is 5.26 Å². The van der Waals surface area contributed by atoms with Crippen molar-refractivity contribution in [2.24, 2.45) is 11.3 Å². The van der Waals surface area contributed by atoms with Crippen LogP contribution in [0.4, 0.5) is 0 Å². The van der Waals surface area contributed by atoms with E-state index in [1.807, 2.05) is 0 Å². The van der Waals surface area contributed by atoms with Crippen molar-refractivity contribution in [2.75, 3.05) is 14.1 Å². The second kappa shape index (κ2) is 3.06. The first-order valence-corrected chi connectivity index (χ1v) is 4.61. The predicted molar refractivity (Wildman–Crippen MR) is 49.6 cm³/mol. The summed E-state index contributed by atoms with van der Waals surface area (Å²) in [5, 5.41) is 9.05. The Balaban J connectivity index is 2.74. The van der Waals surface area contributed by atoms with Gasteiger partial charge >= 0.3 is 0 Å². The van der Waals surface area contributed by atoms with Crippen molar-refractivity contribution in [3.63, 3.8) is 0 Å². The second-order valence-electron chi connectivity index (χ2n) is 4.42. The Morgan fingerprint density at radius 1 is 1.33 bits per heavy atom. The fourth-order valence-electron chi connectivity index (χ4n) is 2.34. The Morgan fingerprint density at radius 3 is 1.92 bits per heavy atom. The lowest BCUT2D eigenvalue weighted by Crippen LogP contribution is -2.40. The zero-order chi connectivity index (χ0) is 9.35. The summed E-state index contributed by atoms with van der Waals surface area (Å²) in [6, 6.07) is 2.91. The third-order valence-corrected chi connectivity index (χ3v) is 2.77. The van der Waals surface area contributed by atoms with E-state index in [1.54, 1.807) is 0 Å². The van der Waals surface area contributed by atoms with E-state index in [4.69, 9.17) is 5.26 Å². The molecule has 1 atom stereocenters. The van der Waals surface area contributed by atoms with Gasteiger partial charge < -0.3 is 4.90 Å². The molecule has 0 aliphatic heterocycles. The second-order valence-corrected chi connectivity index (χ2v) is 4.42. The molecule has 1 unspecified atom stereocenters. The summed E-state index contributed by atoms with van der Waals surface area (Å²) in [5.74, 6) is 0.571. The van der Waals surface area contributed by atoms with Crippen molar-refractivity contribution < 1.29 is 0 Å². The van der Waals surface area contributed by atoms with Crippen LogP contribution in [0.15, 0.2) is 0 Å². The molecule has 0 N–H and O–H groups in total. The monoisotopic (exact) mass is 166 g/mol. The summed E-state index contributed by atoms with van der Waals surface area (Å²) >= 11 is 0. The summed E-state index contributed by atoms with van der Waals surface area (Å²) in [6.45, 7) is 4.39. The number of rotatable bonds is 3. The highest BCUT2D eigenvalue weighted by molar-refractivity contribution is 5.16. The molecule has 0 radical (unpaired) electrons. The van der Waals surface area contributed by atoms with Gasteiger partial charge in [0, 0.05) is 6.04 Å². The molecule has 0 spiro atoms. The lowest BCUT2D eigenvalue weighted by Gasteiger charge is -2.31. The Labute approximate surface area is 75.2 Å². The van der Waals surface area contributed by atoms with Crippen LogP contribution in [0, 0.1) is 22.7 Å². The van der Waals surface area contributed by atoms with Gasteiger partial charge in [0.25, 0.3) is 0 Å². The quantitative estimate of drug-likeness (QED) is 0.640. The normalized spacial score (nSPS) is 22.4. The average Bonchev–Trinajstić information content (AvgIpc) is 2.68. The van der Waals surface area contributed by atoms with Crippen LogP contribution < -0.4 is 0 Å². The number of nitriles is 1.